The topological polar surface area (TPSA) is 114 Å². The molecule has 2 aromatic carbocycles. The molecule has 1 aliphatic heterocycles. The minimum Gasteiger partial charge on any atom is -0.497 e. The summed E-state index contributed by atoms with van der Waals surface area (Å²) in [5, 5.41) is 5.31. The van der Waals surface area contributed by atoms with Crippen LogP contribution >= 0.6 is 0 Å². The molecule has 32 heavy (non-hydrogen) atoms. The summed E-state index contributed by atoms with van der Waals surface area (Å²) in [6.45, 7) is 1.24. The van der Waals surface area contributed by atoms with Gasteiger partial charge in [-0.2, -0.15) is 0 Å². The standard InChI is InChI=1S/C23H25N3O6/c1-23(13-12-15-4-10-18(31-2)11-5-15)21(29)26(22(30)25-23)14-19(27)24-17-8-6-16(7-9-17)20(28)32-3/h4-11H,12-14H2,1-3H3,(H,24,27)(H,25,30). The van der Waals surface area contributed by atoms with E-state index in [1.165, 1.54) is 31.4 Å². The first-order valence-corrected chi connectivity index (χ1v) is 10.0. The maximum atomic E-state index is 12.9. The Balaban J connectivity index is 1.58. The van der Waals surface area contributed by atoms with E-state index >= 15 is 0 Å². The van der Waals surface area contributed by atoms with Crippen LogP contribution < -0.4 is 15.4 Å². The second-order valence-corrected chi connectivity index (χ2v) is 7.62. The van der Waals surface area contributed by atoms with Gasteiger partial charge < -0.3 is 20.1 Å². The quantitative estimate of drug-likeness (QED) is 0.482. The molecule has 4 amide bonds. The van der Waals surface area contributed by atoms with Crippen LogP contribution in [0.4, 0.5) is 10.5 Å². The molecular formula is C23H25N3O6. The number of rotatable bonds is 8. The van der Waals surface area contributed by atoms with Crippen molar-refractivity contribution >= 4 is 29.5 Å². The van der Waals surface area contributed by atoms with Gasteiger partial charge in [-0.05, 0) is 61.7 Å². The zero-order valence-corrected chi connectivity index (χ0v) is 18.1. The molecule has 1 saturated heterocycles. The van der Waals surface area contributed by atoms with Gasteiger partial charge in [-0.1, -0.05) is 12.1 Å². The maximum absolute atomic E-state index is 12.9. The number of hydrogen-bond donors (Lipinski definition) is 2. The third-order valence-corrected chi connectivity index (χ3v) is 5.31. The van der Waals surface area contributed by atoms with Crippen molar-refractivity contribution in [3.8, 4) is 5.75 Å². The molecule has 168 valence electrons. The molecule has 2 N–H and O–H groups in total. The van der Waals surface area contributed by atoms with E-state index in [1.54, 1.807) is 14.0 Å². The van der Waals surface area contributed by atoms with Crippen molar-refractivity contribution in [3.63, 3.8) is 0 Å². The van der Waals surface area contributed by atoms with Crippen molar-refractivity contribution in [2.24, 2.45) is 0 Å². The summed E-state index contributed by atoms with van der Waals surface area (Å²) in [5.74, 6) is -0.732. The number of benzene rings is 2. The van der Waals surface area contributed by atoms with E-state index in [1.807, 2.05) is 24.3 Å². The van der Waals surface area contributed by atoms with E-state index in [2.05, 4.69) is 15.4 Å². The minimum absolute atomic E-state index is 0.340. The average Bonchev–Trinajstić information content (AvgIpc) is 3.01. The van der Waals surface area contributed by atoms with Gasteiger partial charge in [-0.15, -0.1) is 0 Å². The molecule has 3 rings (SSSR count). The first-order valence-electron chi connectivity index (χ1n) is 10.0. The van der Waals surface area contributed by atoms with Gasteiger partial charge in [-0.3, -0.25) is 14.5 Å². The number of amides is 4. The number of carbonyl (C=O) groups is 4. The number of anilines is 1. The monoisotopic (exact) mass is 439 g/mol. The molecule has 2 aromatic rings. The summed E-state index contributed by atoms with van der Waals surface area (Å²) in [6.07, 6.45) is 0.954. The Morgan fingerprint density at radius 1 is 1.03 bits per heavy atom. The number of aryl methyl sites for hydroxylation is 1. The van der Waals surface area contributed by atoms with Crippen molar-refractivity contribution < 1.29 is 28.7 Å². The van der Waals surface area contributed by atoms with Crippen LogP contribution in [0.3, 0.4) is 0 Å². The van der Waals surface area contributed by atoms with Crippen LogP contribution in [0.1, 0.15) is 29.3 Å². The second kappa shape index (κ2) is 9.51. The van der Waals surface area contributed by atoms with Crippen LogP contribution in [0.5, 0.6) is 5.75 Å². The fraction of sp³-hybridized carbons (Fsp3) is 0.304. The van der Waals surface area contributed by atoms with Crippen molar-refractivity contribution in [1.82, 2.24) is 10.2 Å². The lowest BCUT2D eigenvalue weighted by atomic mass is 9.93. The second-order valence-electron chi connectivity index (χ2n) is 7.62. The van der Waals surface area contributed by atoms with Gasteiger partial charge in [0.15, 0.2) is 0 Å². The minimum atomic E-state index is -1.10. The SMILES string of the molecule is COC(=O)c1ccc(NC(=O)CN2C(=O)NC(C)(CCc3ccc(OC)cc3)C2=O)cc1. The highest BCUT2D eigenvalue weighted by atomic mass is 16.5. The molecule has 0 aliphatic carbocycles. The Labute approximate surface area is 185 Å². The molecule has 1 fully saturated rings. The number of nitrogens with one attached hydrogen (secondary N) is 2. The lowest BCUT2D eigenvalue weighted by molar-refractivity contribution is -0.133. The Kier molecular flexibility index (Phi) is 6.77. The van der Waals surface area contributed by atoms with Gasteiger partial charge >= 0.3 is 12.0 Å². The highest BCUT2D eigenvalue weighted by molar-refractivity contribution is 6.10. The van der Waals surface area contributed by atoms with E-state index in [-0.39, 0.29) is 0 Å². The highest BCUT2D eigenvalue weighted by Crippen LogP contribution is 2.24. The fourth-order valence-electron chi connectivity index (χ4n) is 3.40. The summed E-state index contributed by atoms with van der Waals surface area (Å²) >= 11 is 0. The van der Waals surface area contributed by atoms with Gasteiger partial charge in [0.25, 0.3) is 5.91 Å². The molecule has 0 aromatic heterocycles. The van der Waals surface area contributed by atoms with Crippen LogP contribution in [0.15, 0.2) is 48.5 Å². The van der Waals surface area contributed by atoms with Crippen LogP contribution in [-0.2, 0) is 20.7 Å². The Hall–Kier alpha value is -3.88. The van der Waals surface area contributed by atoms with E-state index in [4.69, 9.17) is 4.74 Å². The Morgan fingerprint density at radius 2 is 1.69 bits per heavy atom. The first kappa shape index (κ1) is 22.8. The molecule has 1 aliphatic rings. The lowest BCUT2D eigenvalue weighted by Gasteiger charge is -2.21. The zero-order chi connectivity index (χ0) is 23.3. The summed E-state index contributed by atoms with van der Waals surface area (Å²) in [7, 11) is 2.87. The van der Waals surface area contributed by atoms with E-state index in [0.717, 1.165) is 16.2 Å². The molecule has 0 saturated carbocycles. The average molecular weight is 439 g/mol. The van der Waals surface area contributed by atoms with Crippen LogP contribution in [0.2, 0.25) is 0 Å². The van der Waals surface area contributed by atoms with Crippen LogP contribution in [-0.4, -0.2) is 55.0 Å². The molecule has 1 heterocycles. The fourth-order valence-corrected chi connectivity index (χ4v) is 3.40. The molecular weight excluding hydrogens is 414 g/mol. The van der Waals surface area contributed by atoms with E-state index in [0.29, 0.717) is 24.1 Å². The van der Waals surface area contributed by atoms with Crippen molar-refractivity contribution in [2.45, 2.75) is 25.3 Å². The third kappa shape index (κ3) is 5.05. The Bertz CT molecular complexity index is 1020. The van der Waals surface area contributed by atoms with Crippen LogP contribution in [0, 0.1) is 0 Å². The van der Waals surface area contributed by atoms with Crippen LogP contribution in [0.25, 0.3) is 0 Å². The molecule has 0 bridgehead atoms. The molecule has 0 spiro atoms. The normalized spacial score (nSPS) is 17.7. The molecule has 9 nitrogen and oxygen atoms in total. The highest BCUT2D eigenvalue weighted by Gasteiger charge is 2.47. The number of esters is 1. The number of methoxy groups -OCH3 is 2. The van der Waals surface area contributed by atoms with Crippen molar-refractivity contribution in [1.29, 1.82) is 0 Å². The van der Waals surface area contributed by atoms with Crippen molar-refractivity contribution in [3.05, 3.63) is 59.7 Å². The summed E-state index contributed by atoms with van der Waals surface area (Å²) < 4.78 is 9.76. The first-order chi connectivity index (χ1) is 15.3. The Morgan fingerprint density at radius 3 is 2.28 bits per heavy atom. The predicted molar refractivity (Wildman–Crippen MR) is 116 cm³/mol. The van der Waals surface area contributed by atoms with E-state index < -0.39 is 35.9 Å². The summed E-state index contributed by atoms with van der Waals surface area (Å²) in [5.41, 5.74) is 0.671. The zero-order valence-electron chi connectivity index (χ0n) is 18.1. The van der Waals surface area contributed by atoms with E-state index in [9.17, 15) is 19.2 Å². The number of imide groups is 1. The lowest BCUT2D eigenvalue weighted by Crippen LogP contribution is -2.45. The molecule has 9 heteroatoms. The number of urea groups is 1. The van der Waals surface area contributed by atoms with Gasteiger partial charge in [-0.25, -0.2) is 9.59 Å². The number of carbonyl (C=O) groups excluding carboxylic acids is 4. The van der Waals surface area contributed by atoms with Gasteiger partial charge in [0.2, 0.25) is 5.91 Å². The third-order valence-electron chi connectivity index (χ3n) is 5.31. The van der Waals surface area contributed by atoms with Crippen molar-refractivity contribution in [2.75, 3.05) is 26.1 Å². The summed E-state index contributed by atoms with van der Waals surface area (Å²) in [6, 6.07) is 13.0. The number of hydrogen-bond acceptors (Lipinski definition) is 6. The number of ether oxygens (including phenoxy) is 2. The predicted octanol–water partition coefficient (Wildman–Crippen LogP) is 2.36. The molecule has 1 atom stereocenters. The largest absolute Gasteiger partial charge is 0.497 e. The molecule has 1 unspecified atom stereocenters. The smallest absolute Gasteiger partial charge is 0.337 e. The van der Waals surface area contributed by atoms with Gasteiger partial charge in [0.1, 0.15) is 17.8 Å². The number of nitrogens with zero attached hydrogens (tertiary/aromatic N) is 1. The molecule has 0 radical (unpaired) electrons. The van der Waals surface area contributed by atoms with Gasteiger partial charge in [0.05, 0.1) is 19.8 Å². The van der Waals surface area contributed by atoms with Gasteiger partial charge in [0, 0.05) is 5.69 Å². The maximum Gasteiger partial charge on any atom is 0.337 e. The summed E-state index contributed by atoms with van der Waals surface area (Å²) in [4.78, 5) is 50.1.